The lowest BCUT2D eigenvalue weighted by molar-refractivity contribution is -0.163. The van der Waals surface area contributed by atoms with E-state index in [1.54, 1.807) is 24.4 Å². The molecular weight excluding hydrogens is 644 g/mol. The molecule has 0 bridgehead atoms. The molecule has 0 amide bonds. The molecule has 0 spiro atoms. The molecule has 1 aliphatic heterocycles. The molecule has 0 atom stereocenters. The number of hydrogen-bond donors (Lipinski definition) is 3. The first-order chi connectivity index (χ1) is 23.6. The van der Waals surface area contributed by atoms with E-state index in [1.165, 1.54) is 6.20 Å². The number of rotatable bonds is 14. The second kappa shape index (κ2) is 16.2. The summed E-state index contributed by atoms with van der Waals surface area (Å²) in [5.41, 5.74) is 11.6. The Morgan fingerprint density at radius 1 is 0.959 bits per heavy atom. The van der Waals surface area contributed by atoms with Gasteiger partial charge in [-0.2, -0.15) is 5.26 Å². The van der Waals surface area contributed by atoms with Gasteiger partial charge < -0.3 is 35.1 Å². The van der Waals surface area contributed by atoms with Crippen molar-refractivity contribution in [1.29, 1.82) is 5.26 Å². The van der Waals surface area contributed by atoms with Gasteiger partial charge in [-0.05, 0) is 79.1 Å². The van der Waals surface area contributed by atoms with Crippen LogP contribution in [0.3, 0.4) is 0 Å². The van der Waals surface area contributed by atoms with E-state index in [1.807, 2.05) is 24.3 Å². The van der Waals surface area contributed by atoms with Crippen LogP contribution in [-0.4, -0.2) is 57.9 Å². The molecule has 0 aliphatic carbocycles. The number of pyridine rings is 1. The Bertz CT molecular complexity index is 1830. The predicted molar refractivity (Wildman–Crippen MR) is 187 cm³/mol. The van der Waals surface area contributed by atoms with Crippen LogP contribution in [0, 0.1) is 25.2 Å². The van der Waals surface area contributed by atoms with Gasteiger partial charge in [-0.3, -0.25) is 4.98 Å². The Balaban J connectivity index is 1.22. The Hall–Kier alpha value is -4.66. The van der Waals surface area contributed by atoms with Gasteiger partial charge in [0.15, 0.2) is 5.60 Å². The van der Waals surface area contributed by atoms with Crippen molar-refractivity contribution in [3.05, 3.63) is 105 Å². The molecule has 0 unspecified atom stereocenters. The van der Waals surface area contributed by atoms with Gasteiger partial charge in [-0.15, -0.1) is 0 Å². The molecule has 1 aliphatic rings. The predicted octanol–water partition coefficient (Wildman–Crippen LogP) is 6.19. The van der Waals surface area contributed by atoms with Gasteiger partial charge in [-0.25, -0.2) is 4.79 Å². The summed E-state index contributed by atoms with van der Waals surface area (Å²) in [7, 11) is 0. The molecule has 11 heteroatoms. The zero-order valence-electron chi connectivity index (χ0n) is 27.7. The van der Waals surface area contributed by atoms with Crippen molar-refractivity contribution in [3.8, 4) is 34.4 Å². The highest BCUT2D eigenvalue weighted by atomic mass is 35.5. The van der Waals surface area contributed by atoms with Gasteiger partial charge >= 0.3 is 5.97 Å². The van der Waals surface area contributed by atoms with Crippen LogP contribution in [0.1, 0.15) is 52.6 Å². The maximum Gasteiger partial charge on any atom is 0.335 e. The molecule has 10 nitrogen and oxygen atoms in total. The molecule has 4 aromatic rings. The molecule has 2 heterocycles. The zero-order valence-corrected chi connectivity index (χ0v) is 28.5. The maximum absolute atomic E-state index is 11.3. The first-order valence-corrected chi connectivity index (χ1v) is 16.6. The highest BCUT2D eigenvalue weighted by molar-refractivity contribution is 6.32. The molecule has 0 saturated carbocycles. The first kappa shape index (κ1) is 35.6. The van der Waals surface area contributed by atoms with Crippen molar-refractivity contribution in [2.24, 2.45) is 5.73 Å². The van der Waals surface area contributed by atoms with Crippen LogP contribution < -0.4 is 19.9 Å². The minimum Gasteiger partial charge on any atom is -0.493 e. The second-order valence-corrected chi connectivity index (χ2v) is 12.7. The molecular formula is C38H41ClN4O6. The second-order valence-electron chi connectivity index (χ2n) is 12.3. The van der Waals surface area contributed by atoms with Gasteiger partial charge in [0.2, 0.25) is 0 Å². The number of carbonyl (C=O) groups is 1. The van der Waals surface area contributed by atoms with E-state index in [9.17, 15) is 20.3 Å². The Morgan fingerprint density at radius 3 is 2.39 bits per heavy atom. The molecule has 1 aromatic heterocycles. The number of ether oxygens (including phenoxy) is 3. The first-order valence-electron chi connectivity index (χ1n) is 16.2. The number of nitrogens with two attached hydrogens (primary N) is 1. The monoisotopic (exact) mass is 684 g/mol. The summed E-state index contributed by atoms with van der Waals surface area (Å²) < 4.78 is 18.5. The molecule has 0 radical (unpaired) electrons. The highest BCUT2D eigenvalue weighted by Crippen LogP contribution is 2.36. The summed E-state index contributed by atoms with van der Waals surface area (Å²) in [6.07, 6.45) is 4.40. The summed E-state index contributed by atoms with van der Waals surface area (Å²) in [5.74, 6) is 0.683. The molecule has 5 rings (SSSR count). The number of aromatic nitrogens is 1. The molecule has 4 N–H and O–H groups in total. The van der Waals surface area contributed by atoms with Crippen molar-refractivity contribution in [3.63, 3.8) is 0 Å². The number of aliphatic carboxylic acids is 1. The third-order valence-electron chi connectivity index (χ3n) is 9.01. The summed E-state index contributed by atoms with van der Waals surface area (Å²) in [5, 5.41) is 29.0. The number of benzene rings is 3. The lowest BCUT2D eigenvalue weighted by atomic mass is 9.91. The number of carboxylic acid groups (broad SMARTS) is 1. The topological polar surface area (TPSA) is 151 Å². The van der Waals surface area contributed by atoms with Crippen molar-refractivity contribution in [1.82, 2.24) is 9.88 Å². The number of nitriles is 1. The van der Waals surface area contributed by atoms with Crippen LogP contribution in [0.2, 0.25) is 5.02 Å². The van der Waals surface area contributed by atoms with E-state index in [-0.39, 0.29) is 32.6 Å². The average Bonchev–Trinajstić information content (AvgIpc) is 3.11. The van der Waals surface area contributed by atoms with Gasteiger partial charge in [-0.1, -0.05) is 41.9 Å². The van der Waals surface area contributed by atoms with E-state index in [4.69, 9.17) is 31.5 Å². The van der Waals surface area contributed by atoms with E-state index in [2.05, 4.69) is 41.9 Å². The van der Waals surface area contributed by atoms with Crippen molar-refractivity contribution < 1.29 is 29.2 Å². The van der Waals surface area contributed by atoms with Crippen LogP contribution in [0.25, 0.3) is 11.1 Å². The number of carboxylic acids is 1. The quantitative estimate of drug-likeness (QED) is 0.131. The number of aliphatic hydroxyl groups is 1. The van der Waals surface area contributed by atoms with Crippen molar-refractivity contribution in [2.75, 3.05) is 26.2 Å². The molecule has 256 valence electrons. The van der Waals surface area contributed by atoms with Gasteiger partial charge in [0.1, 0.15) is 36.5 Å². The van der Waals surface area contributed by atoms with Crippen LogP contribution in [0.4, 0.5) is 0 Å². The third kappa shape index (κ3) is 8.69. The highest BCUT2D eigenvalue weighted by Gasteiger charge is 2.39. The fourth-order valence-corrected chi connectivity index (χ4v) is 6.19. The normalized spacial score (nSPS) is 14.2. The fraction of sp³-hybridized carbons (Fsp3) is 0.342. The van der Waals surface area contributed by atoms with Crippen molar-refractivity contribution >= 4 is 17.6 Å². The Labute approximate surface area is 291 Å². The number of piperidine rings is 1. The van der Waals surface area contributed by atoms with Gasteiger partial charge in [0.05, 0.1) is 17.2 Å². The number of nitrogens with zero attached hydrogens (tertiary/aromatic N) is 3. The number of halogens is 1. The summed E-state index contributed by atoms with van der Waals surface area (Å²) in [6.45, 7) is 7.24. The molecule has 1 saturated heterocycles. The average molecular weight is 685 g/mol. The third-order valence-corrected chi connectivity index (χ3v) is 9.31. The summed E-state index contributed by atoms with van der Waals surface area (Å²) >= 11 is 6.60. The van der Waals surface area contributed by atoms with E-state index < -0.39 is 11.6 Å². The minimum atomic E-state index is -1.61. The number of likely N-dealkylation sites (tertiary alicyclic amines) is 1. The number of hydrogen-bond acceptors (Lipinski definition) is 9. The lowest BCUT2D eigenvalue weighted by Gasteiger charge is -2.35. The maximum atomic E-state index is 11.3. The molecule has 1 fully saturated rings. The zero-order chi connectivity index (χ0) is 35.0. The van der Waals surface area contributed by atoms with E-state index in [0.29, 0.717) is 41.8 Å². The Kier molecular flexibility index (Phi) is 11.8. The van der Waals surface area contributed by atoms with Gasteiger partial charge in [0, 0.05) is 55.8 Å². The molecule has 3 aromatic carbocycles. The molecule has 49 heavy (non-hydrogen) atoms. The van der Waals surface area contributed by atoms with Crippen LogP contribution in [0.5, 0.6) is 17.2 Å². The summed E-state index contributed by atoms with van der Waals surface area (Å²) in [6, 6.07) is 19.5. The van der Waals surface area contributed by atoms with Crippen molar-refractivity contribution in [2.45, 2.75) is 58.5 Å². The largest absolute Gasteiger partial charge is 0.493 e. The lowest BCUT2D eigenvalue weighted by Crippen LogP contribution is -2.49. The van der Waals surface area contributed by atoms with Crippen LogP contribution >= 0.6 is 11.6 Å². The fourth-order valence-electron chi connectivity index (χ4n) is 5.95. The standard InChI is InChI=1S/C38H41ClN4O6/c1-25-29(24-49-36-18-35(30(20-41)17-33(36)39)48-23-28-16-27(19-40)21-42-22-28)6-3-7-31(25)32-8-4-9-34(26(32)2)47-15-5-12-43-13-10-38(46,11-14-43)37(44)45/h3-4,6-9,16-18,21-22,46H,5,10-15,20,23-24,41H2,1-2H3,(H,44,45). The van der Waals surface area contributed by atoms with E-state index >= 15 is 0 Å². The van der Waals surface area contributed by atoms with Crippen LogP contribution in [-0.2, 0) is 24.6 Å². The summed E-state index contributed by atoms with van der Waals surface area (Å²) in [4.78, 5) is 17.6. The Morgan fingerprint density at radius 2 is 1.67 bits per heavy atom. The van der Waals surface area contributed by atoms with Gasteiger partial charge in [0.25, 0.3) is 0 Å². The smallest absolute Gasteiger partial charge is 0.335 e. The minimum absolute atomic E-state index is 0.206. The SMILES string of the molecule is Cc1c(COc2cc(OCc3cncc(C#N)c3)c(CN)cc2Cl)cccc1-c1cccc(OCCCN2CCC(O)(C(=O)O)CC2)c1C. The van der Waals surface area contributed by atoms with E-state index in [0.717, 1.165) is 57.7 Å². The van der Waals surface area contributed by atoms with Crippen LogP contribution in [0.15, 0.2) is 67.0 Å².